The van der Waals surface area contributed by atoms with Gasteiger partial charge in [0.2, 0.25) is 0 Å². The molecule has 1 N–H and O–H groups in total. The van der Waals surface area contributed by atoms with E-state index in [9.17, 15) is 14.7 Å². The summed E-state index contributed by atoms with van der Waals surface area (Å²) in [4.78, 5) is 27.5. The summed E-state index contributed by atoms with van der Waals surface area (Å²) in [6.45, 7) is 3.96. The Morgan fingerprint density at radius 2 is 1.43 bits per heavy atom. The van der Waals surface area contributed by atoms with Crippen LogP contribution < -0.4 is 4.90 Å². The van der Waals surface area contributed by atoms with E-state index in [1.54, 1.807) is 29.2 Å². The first-order chi connectivity index (χ1) is 13.5. The van der Waals surface area contributed by atoms with Crippen molar-refractivity contribution in [2.75, 3.05) is 4.90 Å². The quantitative estimate of drug-likeness (QED) is 0.714. The minimum absolute atomic E-state index is 0.178. The summed E-state index contributed by atoms with van der Waals surface area (Å²) in [5.74, 6) is -1.97. The van der Waals surface area contributed by atoms with E-state index in [-0.39, 0.29) is 5.91 Å². The van der Waals surface area contributed by atoms with Crippen molar-refractivity contribution < 1.29 is 14.7 Å². The fourth-order valence-electron chi connectivity index (χ4n) is 3.89. The Morgan fingerprint density at radius 1 is 0.857 bits per heavy atom. The Bertz CT molecular complexity index is 1040. The first kappa shape index (κ1) is 18.0. The molecule has 140 valence electrons. The molecular formula is C24H21NO3. The van der Waals surface area contributed by atoms with Gasteiger partial charge in [0.05, 0.1) is 6.04 Å². The van der Waals surface area contributed by atoms with Gasteiger partial charge in [0.25, 0.3) is 5.91 Å². The number of aliphatic carboxylic acids is 1. The standard InChI is InChI=1S/C24H21NO3/c1-15-7-11-17(12-8-15)22-21(24(27)28)19-5-3-4-6-20(19)23(26)25(22)18-13-9-16(2)10-14-18/h3-14,21-22H,1-2H3,(H,27,28)/t21-,22-/m1/s1. The minimum Gasteiger partial charge on any atom is -0.481 e. The number of aryl methyl sites for hydroxylation is 2. The van der Waals surface area contributed by atoms with Crippen molar-refractivity contribution in [1.82, 2.24) is 0 Å². The third-order valence-corrected chi connectivity index (χ3v) is 5.34. The van der Waals surface area contributed by atoms with Gasteiger partial charge in [-0.1, -0.05) is 65.7 Å². The number of carbonyl (C=O) groups excluding carboxylic acids is 1. The van der Waals surface area contributed by atoms with Crippen molar-refractivity contribution in [2.45, 2.75) is 25.8 Å². The van der Waals surface area contributed by atoms with E-state index in [0.717, 1.165) is 16.7 Å². The van der Waals surface area contributed by atoms with Crippen LogP contribution in [0.1, 0.15) is 44.6 Å². The molecule has 1 amide bonds. The molecule has 0 saturated heterocycles. The molecule has 1 aliphatic heterocycles. The fraction of sp³-hybridized carbons (Fsp3) is 0.167. The molecule has 4 heteroatoms. The van der Waals surface area contributed by atoms with E-state index < -0.39 is 17.9 Å². The Labute approximate surface area is 164 Å². The van der Waals surface area contributed by atoms with Gasteiger partial charge in [-0.15, -0.1) is 0 Å². The second kappa shape index (κ2) is 6.97. The maximum Gasteiger partial charge on any atom is 0.313 e. The number of carboxylic acid groups (broad SMARTS) is 1. The number of rotatable bonds is 3. The van der Waals surface area contributed by atoms with E-state index >= 15 is 0 Å². The number of hydrogen-bond acceptors (Lipinski definition) is 2. The van der Waals surface area contributed by atoms with Crippen molar-refractivity contribution in [3.8, 4) is 0 Å². The summed E-state index contributed by atoms with van der Waals surface area (Å²) in [7, 11) is 0. The molecule has 0 radical (unpaired) electrons. The molecule has 3 aromatic rings. The molecule has 2 atom stereocenters. The van der Waals surface area contributed by atoms with Crippen LogP contribution in [-0.2, 0) is 4.79 Å². The lowest BCUT2D eigenvalue weighted by Gasteiger charge is -2.41. The minimum atomic E-state index is -0.942. The van der Waals surface area contributed by atoms with Gasteiger partial charge in [0, 0.05) is 11.3 Å². The first-order valence-corrected chi connectivity index (χ1v) is 9.26. The van der Waals surface area contributed by atoms with Gasteiger partial charge in [-0.25, -0.2) is 0 Å². The van der Waals surface area contributed by atoms with Crippen molar-refractivity contribution in [3.63, 3.8) is 0 Å². The van der Waals surface area contributed by atoms with Crippen molar-refractivity contribution in [1.29, 1.82) is 0 Å². The van der Waals surface area contributed by atoms with Gasteiger partial charge >= 0.3 is 5.97 Å². The first-order valence-electron chi connectivity index (χ1n) is 9.26. The molecule has 3 aromatic carbocycles. The number of amides is 1. The highest BCUT2D eigenvalue weighted by Crippen LogP contribution is 2.45. The molecule has 0 aliphatic carbocycles. The number of anilines is 1. The summed E-state index contributed by atoms with van der Waals surface area (Å²) >= 11 is 0. The van der Waals surface area contributed by atoms with Crippen molar-refractivity contribution >= 4 is 17.6 Å². The van der Waals surface area contributed by atoms with E-state index in [1.165, 1.54) is 0 Å². The SMILES string of the molecule is Cc1ccc([C@@H]2[C@H](C(=O)O)c3ccccc3C(=O)N2c2ccc(C)cc2)cc1. The van der Waals surface area contributed by atoms with E-state index in [4.69, 9.17) is 0 Å². The van der Waals surface area contributed by atoms with Crippen LogP contribution >= 0.6 is 0 Å². The molecule has 4 nitrogen and oxygen atoms in total. The van der Waals surface area contributed by atoms with E-state index in [0.29, 0.717) is 16.8 Å². The zero-order valence-corrected chi connectivity index (χ0v) is 15.8. The van der Waals surface area contributed by atoms with Gasteiger partial charge in [-0.05, 0) is 43.2 Å². The monoisotopic (exact) mass is 371 g/mol. The third kappa shape index (κ3) is 2.97. The predicted molar refractivity (Wildman–Crippen MR) is 109 cm³/mol. The highest BCUT2D eigenvalue weighted by molar-refractivity contribution is 6.11. The second-order valence-electron chi connectivity index (χ2n) is 7.27. The molecule has 1 aliphatic rings. The maximum absolute atomic E-state index is 13.5. The van der Waals surface area contributed by atoms with E-state index in [2.05, 4.69) is 0 Å². The Balaban J connectivity index is 1.97. The molecule has 0 saturated carbocycles. The zero-order valence-electron chi connectivity index (χ0n) is 15.8. The number of carbonyl (C=O) groups is 2. The predicted octanol–water partition coefficient (Wildman–Crippen LogP) is 4.87. The number of carboxylic acids is 1. The normalized spacial score (nSPS) is 18.6. The molecule has 1 heterocycles. The highest BCUT2D eigenvalue weighted by atomic mass is 16.4. The average Bonchev–Trinajstić information content (AvgIpc) is 2.69. The summed E-state index contributed by atoms with van der Waals surface area (Å²) in [5, 5.41) is 10.1. The molecule has 0 unspecified atom stereocenters. The third-order valence-electron chi connectivity index (χ3n) is 5.34. The fourth-order valence-corrected chi connectivity index (χ4v) is 3.89. The molecule has 4 rings (SSSR count). The lowest BCUT2D eigenvalue weighted by Crippen LogP contribution is -2.45. The van der Waals surface area contributed by atoms with Crippen LogP contribution in [0.3, 0.4) is 0 Å². The smallest absolute Gasteiger partial charge is 0.313 e. The number of nitrogens with zero attached hydrogens (tertiary/aromatic N) is 1. The molecule has 0 bridgehead atoms. The van der Waals surface area contributed by atoms with Crippen LogP contribution in [0, 0.1) is 13.8 Å². The lowest BCUT2D eigenvalue weighted by molar-refractivity contribution is -0.139. The number of benzene rings is 3. The maximum atomic E-state index is 13.5. The van der Waals surface area contributed by atoms with Crippen molar-refractivity contribution in [3.05, 3.63) is 101 Å². The Hall–Kier alpha value is -3.40. The Morgan fingerprint density at radius 3 is 2.04 bits per heavy atom. The average molecular weight is 371 g/mol. The van der Waals surface area contributed by atoms with Crippen molar-refractivity contribution in [2.24, 2.45) is 0 Å². The van der Waals surface area contributed by atoms with Crippen LogP contribution in [0.4, 0.5) is 5.69 Å². The van der Waals surface area contributed by atoms with Gasteiger partial charge in [0.1, 0.15) is 5.92 Å². The van der Waals surface area contributed by atoms with Gasteiger partial charge < -0.3 is 5.11 Å². The Kier molecular flexibility index (Phi) is 4.47. The van der Waals surface area contributed by atoms with Crippen LogP contribution in [0.5, 0.6) is 0 Å². The second-order valence-corrected chi connectivity index (χ2v) is 7.27. The van der Waals surface area contributed by atoms with Gasteiger partial charge in [-0.3, -0.25) is 14.5 Å². The van der Waals surface area contributed by atoms with Crippen LogP contribution in [0.15, 0.2) is 72.8 Å². The van der Waals surface area contributed by atoms with Gasteiger partial charge in [-0.2, -0.15) is 0 Å². The lowest BCUT2D eigenvalue weighted by atomic mass is 9.79. The number of fused-ring (bicyclic) bond motifs is 1. The molecule has 28 heavy (non-hydrogen) atoms. The molecule has 0 spiro atoms. The van der Waals surface area contributed by atoms with Gasteiger partial charge in [0.15, 0.2) is 0 Å². The summed E-state index contributed by atoms with van der Waals surface area (Å²) in [6.07, 6.45) is 0. The molecular weight excluding hydrogens is 350 g/mol. The number of hydrogen-bond donors (Lipinski definition) is 1. The zero-order chi connectivity index (χ0) is 19.8. The summed E-state index contributed by atoms with van der Waals surface area (Å²) in [6, 6.07) is 21.8. The highest BCUT2D eigenvalue weighted by Gasteiger charge is 2.44. The topological polar surface area (TPSA) is 57.6 Å². The summed E-state index contributed by atoms with van der Waals surface area (Å²) < 4.78 is 0. The molecule has 0 aromatic heterocycles. The molecule has 0 fully saturated rings. The van der Waals surface area contributed by atoms with E-state index in [1.807, 2.05) is 62.4 Å². The van der Waals surface area contributed by atoms with Crippen LogP contribution in [-0.4, -0.2) is 17.0 Å². The summed E-state index contributed by atoms with van der Waals surface area (Å²) in [5.41, 5.74) is 4.67. The van der Waals surface area contributed by atoms with Crippen LogP contribution in [0.25, 0.3) is 0 Å². The largest absolute Gasteiger partial charge is 0.481 e. The van der Waals surface area contributed by atoms with Crippen LogP contribution in [0.2, 0.25) is 0 Å².